The number of aryl methyl sites for hydroxylation is 1. The summed E-state index contributed by atoms with van der Waals surface area (Å²) in [6, 6.07) is 7.66. The first-order chi connectivity index (χ1) is 15.0. The van der Waals surface area contributed by atoms with Crippen LogP contribution in [-0.2, 0) is 13.0 Å². The van der Waals surface area contributed by atoms with Crippen molar-refractivity contribution < 1.29 is 0 Å². The molecule has 0 atom stereocenters. The van der Waals surface area contributed by atoms with E-state index in [4.69, 9.17) is 0 Å². The molecule has 0 aromatic carbocycles. The van der Waals surface area contributed by atoms with E-state index in [-0.39, 0.29) is 5.56 Å². The second kappa shape index (κ2) is 9.98. The Labute approximate surface area is 183 Å². The Morgan fingerprint density at radius 3 is 2.68 bits per heavy atom. The van der Waals surface area contributed by atoms with E-state index in [0.29, 0.717) is 5.82 Å². The van der Waals surface area contributed by atoms with E-state index in [1.165, 1.54) is 17.8 Å². The number of fused-ring (bicyclic) bond motifs is 1. The summed E-state index contributed by atoms with van der Waals surface area (Å²) >= 11 is 0. The van der Waals surface area contributed by atoms with E-state index in [2.05, 4.69) is 43.5 Å². The van der Waals surface area contributed by atoms with Gasteiger partial charge in [-0.25, -0.2) is 4.98 Å². The van der Waals surface area contributed by atoms with Gasteiger partial charge in [0.05, 0.1) is 5.69 Å². The van der Waals surface area contributed by atoms with Crippen LogP contribution in [0.15, 0.2) is 65.5 Å². The highest BCUT2D eigenvalue weighted by Gasteiger charge is 2.20. The van der Waals surface area contributed by atoms with Gasteiger partial charge in [0.15, 0.2) is 0 Å². The predicted octanol–water partition coefficient (Wildman–Crippen LogP) is 4.54. The summed E-state index contributed by atoms with van der Waals surface area (Å²) in [6.45, 7) is 13.9. The van der Waals surface area contributed by atoms with Crippen LogP contribution < -0.4 is 5.56 Å². The van der Waals surface area contributed by atoms with Crippen molar-refractivity contribution in [1.29, 1.82) is 0 Å². The van der Waals surface area contributed by atoms with E-state index in [1.807, 2.05) is 52.2 Å². The van der Waals surface area contributed by atoms with Gasteiger partial charge in [0.1, 0.15) is 5.82 Å². The van der Waals surface area contributed by atoms with E-state index in [9.17, 15) is 4.79 Å². The van der Waals surface area contributed by atoms with Gasteiger partial charge in [0.2, 0.25) is 0 Å². The number of pyridine rings is 2. The Hall–Kier alpha value is -3.54. The van der Waals surface area contributed by atoms with Crippen LogP contribution in [0.5, 0.6) is 0 Å². The highest BCUT2D eigenvalue weighted by atomic mass is 16.1. The molecule has 0 bridgehead atoms. The SMILES string of the molecule is C=C(/C(C)=C\c1nccc(=O)[nH]1)N1CCc2ncc(-c3ccc(C)cn3)cc2C1.CC. The van der Waals surface area contributed by atoms with Crippen LogP contribution in [-0.4, -0.2) is 31.4 Å². The molecule has 1 aliphatic rings. The molecule has 3 aromatic heterocycles. The molecule has 0 unspecified atom stereocenters. The van der Waals surface area contributed by atoms with Crippen molar-refractivity contribution in [3.05, 3.63) is 93.7 Å². The molecule has 0 amide bonds. The zero-order valence-corrected chi connectivity index (χ0v) is 18.6. The third kappa shape index (κ3) is 5.34. The average Bonchev–Trinajstić information content (AvgIpc) is 2.79. The molecule has 1 N–H and O–H groups in total. The number of hydrogen-bond donors (Lipinski definition) is 1. The van der Waals surface area contributed by atoms with Crippen molar-refractivity contribution in [3.63, 3.8) is 0 Å². The molecule has 1 aliphatic heterocycles. The maximum absolute atomic E-state index is 11.5. The summed E-state index contributed by atoms with van der Waals surface area (Å²) in [7, 11) is 0. The van der Waals surface area contributed by atoms with Gasteiger partial charge in [0.25, 0.3) is 5.56 Å². The summed E-state index contributed by atoms with van der Waals surface area (Å²) < 4.78 is 0. The Morgan fingerprint density at radius 1 is 1.16 bits per heavy atom. The van der Waals surface area contributed by atoms with Crippen LogP contribution in [0.4, 0.5) is 0 Å². The Bertz CT molecular complexity index is 1150. The molecule has 4 rings (SSSR count). The molecular formula is C25H29N5O. The van der Waals surface area contributed by atoms with Crippen LogP contribution in [0.2, 0.25) is 0 Å². The molecule has 6 nitrogen and oxygen atoms in total. The lowest BCUT2D eigenvalue weighted by Crippen LogP contribution is -2.30. The average molecular weight is 416 g/mol. The van der Waals surface area contributed by atoms with Gasteiger partial charge in [-0.3, -0.25) is 14.8 Å². The topological polar surface area (TPSA) is 74.8 Å². The zero-order chi connectivity index (χ0) is 22.4. The molecule has 0 radical (unpaired) electrons. The first-order valence-corrected chi connectivity index (χ1v) is 10.6. The lowest BCUT2D eigenvalue weighted by Gasteiger charge is -2.32. The number of aromatic amines is 1. The van der Waals surface area contributed by atoms with Crippen molar-refractivity contribution in [2.24, 2.45) is 0 Å². The van der Waals surface area contributed by atoms with Crippen molar-refractivity contribution in [1.82, 2.24) is 24.8 Å². The summed E-state index contributed by atoms with van der Waals surface area (Å²) in [5.41, 5.74) is 7.12. The number of hydrogen-bond acceptors (Lipinski definition) is 5. The quantitative estimate of drug-likeness (QED) is 0.634. The molecule has 0 saturated heterocycles. The van der Waals surface area contributed by atoms with Crippen LogP contribution in [0.3, 0.4) is 0 Å². The monoisotopic (exact) mass is 415 g/mol. The first kappa shape index (κ1) is 22.2. The van der Waals surface area contributed by atoms with Crippen molar-refractivity contribution in [3.8, 4) is 11.3 Å². The minimum absolute atomic E-state index is 0.167. The fourth-order valence-electron chi connectivity index (χ4n) is 3.43. The minimum atomic E-state index is -0.167. The number of aromatic nitrogens is 4. The number of H-pyrrole nitrogens is 1. The van der Waals surface area contributed by atoms with Crippen molar-refractivity contribution >= 4 is 6.08 Å². The minimum Gasteiger partial charge on any atom is -0.367 e. The van der Waals surface area contributed by atoms with Gasteiger partial charge < -0.3 is 9.88 Å². The first-order valence-electron chi connectivity index (χ1n) is 10.6. The van der Waals surface area contributed by atoms with E-state index in [0.717, 1.165) is 53.3 Å². The fourth-order valence-corrected chi connectivity index (χ4v) is 3.43. The van der Waals surface area contributed by atoms with Gasteiger partial charge >= 0.3 is 0 Å². The smallest absolute Gasteiger partial charge is 0.251 e. The summed E-state index contributed by atoms with van der Waals surface area (Å²) in [6.07, 6.45) is 8.00. The molecule has 6 heteroatoms. The lowest BCUT2D eigenvalue weighted by molar-refractivity contribution is 0.326. The number of nitrogens with one attached hydrogen (secondary N) is 1. The molecule has 160 valence electrons. The van der Waals surface area contributed by atoms with Gasteiger partial charge in [-0.05, 0) is 48.8 Å². The van der Waals surface area contributed by atoms with Gasteiger partial charge in [-0.1, -0.05) is 26.5 Å². The normalized spacial score (nSPS) is 13.2. The second-order valence-electron chi connectivity index (χ2n) is 7.32. The molecule has 31 heavy (non-hydrogen) atoms. The molecule has 3 aromatic rings. The van der Waals surface area contributed by atoms with Crippen LogP contribution in [0.1, 0.15) is 43.4 Å². The molecule has 0 aliphatic carbocycles. The maximum atomic E-state index is 11.5. The van der Waals surface area contributed by atoms with Crippen LogP contribution >= 0.6 is 0 Å². The van der Waals surface area contributed by atoms with Crippen molar-refractivity contribution in [2.75, 3.05) is 6.54 Å². The van der Waals surface area contributed by atoms with Crippen molar-refractivity contribution in [2.45, 2.75) is 40.7 Å². The van der Waals surface area contributed by atoms with Gasteiger partial charge in [-0.15, -0.1) is 0 Å². The third-order valence-corrected chi connectivity index (χ3v) is 5.13. The molecule has 0 saturated carbocycles. The Morgan fingerprint density at radius 2 is 1.97 bits per heavy atom. The summed E-state index contributed by atoms with van der Waals surface area (Å²) in [5, 5.41) is 0. The fraction of sp³-hybridized carbons (Fsp3) is 0.280. The Balaban J connectivity index is 0.00000132. The largest absolute Gasteiger partial charge is 0.367 e. The highest BCUT2D eigenvalue weighted by molar-refractivity contribution is 5.59. The standard InChI is InChI=1S/C23H23N5O.C2H6/c1-15-4-5-20(25-12-15)18-11-19-14-28(9-7-21(19)26-13-18)17(3)16(2)10-22-24-8-6-23(29)27-22;1-2/h4-6,8,10-13H,3,7,9,14H2,1-2H3,(H,24,27,29);1-2H3/b16-10-;. The number of allylic oxidation sites excluding steroid dienone is 1. The molecule has 4 heterocycles. The van der Waals surface area contributed by atoms with E-state index in [1.54, 1.807) is 0 Å². The van der Waals surface area contributed by atoms with Crippen LogP contribution in [0.25, 0.3) is 17.3 Å². The maximum Gasteiger partial charge on any atom is 0.251 e. The van der Waals surface area contributed by atoms with E-state index >= 15 is 0 Å². The second-order valence-corrected chi connectivity index (χ2v) is 7.32. The van der Waals surface area contributed by atoms with Crippen LogP contribution in [0, 0.1) is 6.92 Å². The molecular weight excluding hydrogens is 386 g/mol. The van der Waals surface area contributed by atoms with E-state index < -0.39 is 0 Å². The zero-order valence-electron chi connectivity index (χ0n) is 18.6. The number of rotatable bonds is 4. The number of nitrogens with zero attached hydrogens (tertiary/aromatic N) is 4. The molecule has 0 fully saturated rings. The summed E-state index contributed by atoms with van der Waals surface area (Å²) in [5.74, 6) is 0.531. The molecule has 0 spiro atoms. The predicted molar refractivity (Wildman–Crippen MR) is 125 cm³/mol. The summed E-state index contributed by atoms with van der Waals surface area (Å²) in [4.78, 5) is 29.8. The third-order valence-electron chi connectivity index (χ3n) is 5.13. The van der Waals surface area contributed by atoms with Gasteiger partial charge in [-0.2, -0.15) is 0 Å². The Kier molecular flexibility index (Phi) is 7.13. The highest BCUT2D eigenvalue weighted by Crippen LogP contribution is 2.27. The van der Waals surface area contributed by atoms with Gasteiger partial charge in [0, 0.05) is 61.1 Å². The lowest BCUT2D eigenvalue weighted by atomic mass is 10.0.